The first-order valence-electron chi connectivity index (χ1n) is 7.58. The molecule has 0 aliphatic carbocycles. The van der Waals surface area contributed by atoms with Gasteiger partial charge in [-0.15, -0.1) is 0 Å². The molecule has 0 aromatic heterocycles. The Bertz CT molecular complexity index is 375. The lowest BCUT2D eigenvalue weighted by atomic mass is 10.2. The second-order valence-electron chi connectivity index (χ2n) is 6.67. The summed E-state index contributed by atoms with van der Waals surface area (Å²) in [6.45, 7) is 13.1. The Morgan fingerprint density at radius 1 is 1.05 bits per heavy atom. The van der Waals surface area contributed by atoms with Gasteiger partial charge < -0.3 is 10.2 Å². The summed E-state index contributed by atoms with van der Waals surface area (Å²) in [5, 5.41) is 5.11. The molecule has 1 N–H and O–H groups in total. The first kappa shape index (κ1) is 14.8. The van der Waals surface area contributed by atoms with E-state index in [9.17, 15) is 0 Å². The molecule has 1 aromatic rings. The van der Waals surface area contributed by atoms with Gasteiger partial charge in [0.2, 0.25) is 0 Å². The van der Waals surface area contributed by atoms with Gasteiger partial charge in [-0.3, -0.25) is 0 Å². The van der Waals surface area contributed by atoms with Crippen LogP contribution in [0, 0.1) is 0 Å². The largest absolute Gasteiger partial charge is 0.311 e. The van der Waals surface area contributed by atoms with Gasteiger partial charge in [0.15, 0.2) is 0 Å². The van der Waals surface area contributed by atoms with Gasteiger partial charge in [-0.25, -0.2) is 0 Å². The van der Waals surface area contributed by atoms with E-state index < -0.39 is 8.07 Å². The van der Waals surface area contributed by atoms with Crippen LogP contribution in [0.4, 0.5) is 0 Å². The maximum atomic E-state index is 3.56. The zero-order chi connectivity index (χ0) is 13.7. The standard InChI is InChI=1S/C16H28N2Si/c1-19(2,3)16-8-6-15(7-9-16)14-17-10-13-18-11-4-5-12-18/h6-9,17H,4-5,10-14H2,1-3H3. The fourth-order valence-corrected chi connectivity index (χ4v) is 3.77. The van der Waals surface area contributed by atoms with Crippen LogP contribution in [-0.2, 0) is 6.54 Å². The number of hydrogen-bond donors (Lipinski definition) is 1. The van der Waals surface area contributed by atoms with Crippen LogP contribution in [0.2, 0.25) is 19.6 Å². The van der Waals surface area contributed by atoms with E-state index in [2.05, 4.69) is 54.1 Å². The minimum absolute atomic E-state index is 1.000. The van der Waals surface area contributed by atoms with E-state index in [4.69, 9.17) is 0 Å². The number of nitrogens with one attached hydrogen (secondary N) is 1. The molecule has 0 unspecified atom stereocenters. The second kappa shape index (κ2) is 6.68. The number of nitrogens with zero attached hydrogens (tertiary/aromatic N) is 1. The van der Waals surface area contributed by atoms with Crippen molar-refractivity contribution in [1.29, 1.82) is 0 Å². The molecule has 1 fully saturated rings. The third-order valence-electron chi connectivity index (χ3n) is 3.95. The predicted octanol–water partition coefficient (Wildman–Crippen LogP) is 2.42. The van der Waals surface area contributed by atoms with Crippen LogP contribution in [0.3, 0.4) is 0 Å². The molecule has 1 aromatic carbocycles. The van der Waals surface area contributed by atoms with Gasteiger partial charge in [-0.05, 0) is 31.5 Å². The third kappa shape index (κ3) is 4.75. The van der Waals surface area contributed by atoms with E-state index in [1.165, 1.54) is 38.0 Å². The summed E-state index contributed by atoms with van der Waals surface area (Å²) < 4.78 is 0. The van der Waals surface area contributed by atoms with Crippen molar-refractivity contribution in [3.8, 4) is 0 Å². The van der Waals surface area contributed by atoms with E-state index in [1.807, 2.05) is 0 Å². The van der Waals surface area contributed by atoms with Gasteiger partial charge in [0.05, 0.1) is 8.07 Å². The van der Waals surface area contributed by atoms with E-state index in [-0.39, 0.29) is 0 Å². The summed E-state index contributed by atoms with van der Waals surface area (Å²) in [6.07, 6.45) is 2.77. The highest BCUT2D eigenvalue weighted by Gasteiger charge is 2.15. The molecule has 1 aliphatic heterocycles. The fraction of sp³-hybridized carbons (Fsp3) is 0.625. The van der Waals surface area contributed by atoms with E-state index in [0.29, 0.717) is 0 Å². The van der Waals surface area contributed by atoms with Crippen molar-refractivity contribution in [3.63, 3.8) is 0 Å². The number of hydrogen-bond acceptors (Lipinski definition) is 2. The Hall–Kier alpha value is -0.643. The molecular weight excluding hydrogens is 248 g/mol. The summed E-state index contributed by atoms with van der Waals surface area (Å²) >= 11 is 0. The molecule has 1 saturated heterocycles. The monoisotopic (exact) mass is 276 g/mol. The normalized spacial score (nSPS) is 17.0. The van der Waals surface area contributed by atoms with Crippen molar-refractivity contribution in [2.24, 2.45) is 0 Å². The fourth-order valence-electron chi connectivity index (χ4n) is 2.60. The molecule has 0 amide bonds. The maximum absolute atomic E-state index is 3.56. The summed E-state index contributed by atoms with van der Waals surface area (Å²) in [5.74, 6) is 0. The Kier molecular flexibility index (Phi) is 5.19. The van der Waals surface area contributed by atoms with Crippen LogP contribution in [0.15, 0.2) is 24.3 Å². The Balaban J connectivity index is 1.71. The molecule has 3 heteroatoms. The van der Waals surface area contributed by atoms with Gasteiger partial charge in [-0.2, -0.15) is 0 Å². The number of likely N-dealkylation sites (tertiary alicyclic amines) is 1. The molecular formula is C16H28N2Si. The number of benzene rings is 1. The average Bonchev–Trinajstić information content (AvgIpc) is 2.87. The summed E-state index contributed by atoms with van der Waals surface area (Å²) in [7, 11) is -1.14. The smallest absolute Gasteiger partial charge is 0.0775 e. The molecule has 0 saturated carbocycles. The molecule has 1 heterocycles. The van der Waals surface area contributed by atoms with Gasteiger partial charge >= 0.3 is 0 Å². The molecule has 0 atom stereocenters. The predicted molar refractivity (Wildman–Crippen MR) is 86.8 cm³/mol. The van der Waals surface area contributed by atoms with Crippen molar-refractivity contribution < 1.29 is 0 Å². The highest BCUT2D eigenvalue weighted by atomic mass is 28.3. The molecule has 1 aliphatic rings. The minimum atomic E-state index is -1.14. The summed E-state index contributed by atoms with van der Waals surface area (Å²) in [6, 6.07) is 9.22. The SMILES string of the molecule is C[Si](C)(C)c1ccc(CNCCN2CCCC2)cc1. The zero-order valence-corrected chi connectivity index (χ0v) is 13.7. The van der Waals surface area contributed by atoms with E-state index in [1.54, 1.807) is 5.19 Å². The third-order valence-corrected chi connectivity index (χ3v) is 6.02. The molecule has 0 radical (unpaired) electrons. The summed E-state index contributed by atoms with van der Waals surface area (Å²) in [5.41, 5.74) is 1.41. The number of rotatable bonds is 6. The topological polar surface area (TPSA) is 15.3 Å². The van der Waals surface area contributed by atoms with Gasteiger partial charge in [0, 0.05) is 19.6 Å². The molecule has 0 spiro atoms. The van der Waals surface area contributed by atoms with Crippen molar-refractivity contribution in [2.45, 2.75) is 39.0 Å². The highest BCUT2D eigenvalue weighted by molar-refractivity contribution is 6.88. The van der Waals surface area contributed by atoms with Gasteiger partial charge in [-0.1, -0.05) is 49.1 Å². The Labute approximate surface area is 119 Å². The molecule has 2 rings (SSSR count). The Morgan fingerprint density at radius 2 is 1.68 bits per heavy atom. The van der Waals surface area contributed by atoms with Crippen LogP contribution in [0.5, 0.6) is 0 Å². The van der Waals surface area contributed by atoms with Crippen LogP contribution in [0.1, 0.15) is 18.4 Å². The quantitative estimate of drug-likeness (QED) is 0.634. The second-order valence-corrected chi connectivity index (χ2v) is 11.7. The van der Waals surface area contributed by atoms with E-state index >= 15 is 0 Å². The van der Waals surface area contributed by atoms with Crippen molar-refractivity contribution in [2.75, 3.05) is 26.2 Å². The Morgan fingerprint density at radius 3 is 2.26 bits per heavy atom. The molecule has 0 bridgehead atoms. The maximum Gasteiger partial charge on any atom is 0.0775 e. The van der Waals surface area contributed by atoms with Crippen LogP contribution in [0.25, 0.3) is 0 Å². The van der Waals surface area contributed by atoms with Crippen molar-refractivity contribution in [3.05, 3.63) is 29.8 Å². The molecule has 19 heavy (non-hydrogen) atoms. The van der Waals surface area contributed by atoms with Gasteiger partial charge in [0.1, 0.15) is 0 Å². The average molecular weight is 276 g/mol. The lowest BCUT2D eigenvalue weighted by Crippen LogP contribution is -2.37. The van der Waals surface area contributed by atoms with Crippen molar-refractivity contribution in [1.82, 2.24) is 10.2 Å². The van der Waals surface area contributed by atoms with Crippen LogP contribution >= 0.6 is 0 Å². The van der Waals surface area contributed by atoms with Gasteiger partial charge in [0.25, 0.3) is 0 Å². The highest BCUT2D eigenvalue weighted by Crippen LogP contribution is 2.06. The summed E-state index contributed by atoms with van der Waals surface area (Å²) in [4.78, 5) is 2.56. The first-order valence-corrected chi connectivity index (χ1v) is 11.1. The zero-order valence-electron chi connectivity index (χ0n) is 12.7. The van der Waals surface area contributed by atoms with E-state index in [0.717, 1.165) is 13.1 Å². The lowest BCUT2D eigenvalue weighted by molar-refractivity contribution is 0.335. The lowest BCUT2D eigenvalue weighted by Gasteiger charge is -2.17. The van der Waals surface area contributed by atoms with Crippen LogP contribution in [-0.4, -0.2) is 39.2 Å². The van der Waals surface area contributed by atoms with Crippen LogP contribution < -0.4 is 10.5 Å². The first-order chi connectivity index (χ1) is 9.05. The molecule has 2 nitrogen and oxygen atoms in total. The minimum Gasteiger partial charge on any atom is -0.311 e. The van der Waals surface area contributed by atoms with Crippen molar-refractivity contribution >= 4 is 13.3 Å². The molecule has 106 valence electrons.